The van der Waals surface area contributed by atoms with Crippen LogP contribution in [-0.2, 0) is 10.0 Å². The molecule has 1 heterocycles. The van der Waals surface area contributed by atoms with Crippen LogP contribution in [0.5, 0.6) is 0 Å². The summed E-state index contributed by atoms with van der Waals surface area (Å²) in [5.74, 6) is 0.817. The molecular weight excluding hydrogens is 306 g/mol. The zero-order valence-corrected chi connectivity index (χ0v) is 14.4. The van der Waals surface area contributed by atoms with Gasteiger partial charge in [-0.2, -0.15) is 16.1 Å². The van der Waals surface area contributed by atoms with Crippen molar-refractivity contribution in [3.8, 4) is 0 Å². The minimum atomic E-state index is -3.44. The first-order valence-electron chi connectivity index (χ1n) is 7.14. The maximum Gasteiger partial charge on any atom is 0.243 e. The normalized spacial score (nSPS) is 21.7. The Morgan fingerprint density at radius 3 is 2.43 bits per heavy atom. The minimum absolute atomic E-state index is 0.125. The molecule has 0 bridgehead atoms. The monoisotopic (exact) mass is 329 g/mol. The third-order valence-corrected chi connectivity index (χ3v) is 7.08. The van der Waals surface area contributed by atoms with Gasteiger partial charge in [-0.3, -0.25) is 0 Å². The molecule has 0 spiro atoms. The van der Waals surface area contributed by atoms with E-state index in [1.165, 1.54) is 0 Å². The molecule has 0 radical (unpaired) electrons. The Labute approximate surface area is 131 Å². The van der Waals surface area contributed by atoms with Gasteiger partial charge in [0.25, 0.3) is 0 Å². The lowest BCUT2D eigenvalue weighted by Gasteiger charge is -2.22. The smallest absolute Gasteiger partial charge is 0.243 e. The molecule has 1 atom stereocenters. The van der Waals surface area contributed by atoms with Crippen molar-refractivity contribution in [2.75, 3.05) is 18.8 Å². The van der Waals surface area contributed by atoms with E-state index in [1.807, 2.05) is 11.8 Å². The number of benzene rings is 1. The fourth-order valence-electron chi connectivity index (χ4n) is 2.31. The molecule has 2 rings (SSSR count). The molecule has 118 valence electrons. The summed E-state index contributed by atoms with van der Waals surface area (Å²) in [5.41, 5.74) is 0.724. The number of hydrogen-bond acceptors (Lipinski definition) is 4. The van der Waals surface area contributed by atoms with Crippen molar-refractivity contribution in [2.24, 2.45) is 0 Å². The lowest BCUT2D eigenvalue weighted by atomic mass is 10.1. The maximum absolute atomic E-state index is 12.7. The van der Waals surface area contributed by atoms with Gasteiger partial charge >= 0.3 is 0 Å². The zero-order valence-electron chi connectivity index (χ0n) is 12.7. The summed E-state index contributed by atoms with van der Waals surface area (Å²) in [6, 6.07) is 6.52. The Balaban J connectivity index is 2.21. The van der Waals surface area contributed by atoms with Gasteiger partial charge < -0.3 is 5.11 Å². The van der Waals surface area contributed by atoms with Gasteiger partial charge in [-0.25, -0.2) is 8.42 Å². The van der Waals surface area contributed by atoms with Gasteiger partial charge in [0.05, 0.1) is 11.0 Å². The topological polar surface area (TPSA) is 57.6 Å². The van der Waals surface area contributed by atoms with Crippen LogP contribution in [-0.4, -0.2) is 41.4 Å². The van der Waals surface area contributed by atoms with Gasteiger partial charge in [0.2, 0.25) is 10.0 Å². The summed E-state index contributed by atoms with van der Waals surface area (Å²) >= 11 is 1.82. The Kier molecular flexibility index (Phi) is 5.03. The quantitative estimate of drug-likeness (QED) is 0.926. The summed E-state index contributed by atoms with van der Waals surface area (Å²) in [7, 11) is -3.44. The summed E-state index contributed by atoms with van der Waals surface area (Å²) in [6.45, 7) is 7.09. The van der Waals surface area contributed by atoms with Crippen LogP contribution in [0.1, 0.15) is 38.9 Å². The molecule has 0 saturated carbocycles. The lowest BCUT2D eigenvalue weighted by molar-refractivity contribution is 0.199. The summed E-state index contributed by atoms with van der Waals surface area (Å²) in [4.78, 5) is 0.302. The van der Waals surface area contributed by atoms with Crippen LogP contribution < -0.4 is 0 Å². The molecule has 0 aromatic heterocycles. The van der Waals surface area contributed by atoms with Gasteiger partial charge in [0.15, 0.2) is 0 Å². The van der Waals surface area contributed by atoms with E-state index in [9.17, 15) is 13.5 Å². The van der Waals surface area contributed by atoms with E-state index in [2.05, 4.69) is 13.8 Å². The highest BCUT2D eigenvalue weighted by Crippen LogP contribution is 2.32. The lowest BCUT2D eigenvalue weighted by Crippen LogP contribution is -2.33. The third kappa shape index (κ3) is 4.00. The first-order chi connectivity index (χ1) is 9.72. The summed E-state index contributed by atoms with van der Waals surface area (Å²) in [5, 5.41) is 9.50. The van der Waals surface area contributed by atoms with E-state index in [-0.39, 0.29) is 4.75 Å². The Morgan fingerprint density at radius 2 is 1.86 bits per heavy atom. The molecule has 1 aliphatic heterocycles. The molecule has 6 heteroatoms. The number of aliphatic hydroxyl groups is 1. The van der Waals surface area contributed by atoms with Crippen molar-refractivity contribution >= 4 is 21.8 Å². The van der Waals surface area contributed by atoms with Crippen molar-refractivity contribution in [1.82, 2.24) is 4.31 Å². The molecule has 1 aromatic carbocycles. The van der Waals surface area contributed by atoms with E-state index in [1.54, 1.807) is 35.5 Å². The van der Waals surface area contributed by atoms with Gasteiger partial charge in [-0.15, -0.1) is 0 Å². The number of nitrogens with zero attached hydrogens (tertiary/aromatic N) is 1. The fourth-order valence-corrected chi connectivity index (χ4v) is 4.97. The zero-order chi connectivity index (χ0) is 15.7. The van der Waals surface area contributed by atoms with Crippen molar-refractivity contribution in [3.63, 3.8) is 0 Å². The van der Waals surface area contributed by atoms with Crippen LogP contribution in [0, 0.1) is 0 Å². The van der Waals surface area contributed by atoms with Crippen LogP contribution in [0.3, 0.4) is 0 Å². The highest BCUT2D eigenvalue weighted by molar-refractivity contribution is 8.00. The van der Waals surface area contributed by atoms with Crippen molar-refractivity contribution in [2.45, 2.75) is 42.9 Å². The van der Waals surface area contributed by atoms with Crippen molar-refractivity contribution < 1.29 is 13.5 Å². The van der Waals surface area contributed by atoms with Gasteiger partial charge in [0.1, 0.15) is 0 Å². The van der Waals surface area contributed by atoms with E-state index in [4.69, 9.17) is 0 Å². The van der Waals surface area contributed by atoms with E-state index in [0.717, 1.165) is 17.7 Å². The van der Waals surface area contributed by atoms with Crippen LogP contribution >= 0.6 is 11.8 Å². The molecule has 1 saturated heterocycles. The average molecular weight is 329 g/mol. The van der Waals surface area contributed by atoms with Crippen LogP contribution in [0.4, 0.5) is 0 Å². The van der Waals surface area contributed by atoms with E-state index >= 15 is 0 Å². The van der Waals surface area contributed by atoms with Crippen molar-refractivity contribution in [1.29, 1.82) is 0 Å². The molecule has 0 amide bonds. The standard InChI is InChI=1S/C15H23NO3S2/c1-12(17)13-4-6-14(7-5-13)21(18,19)16-9-8-15(2,3)20-11-10-16/h4-7,12,17H,8-11H2,1-3H3. The number of aliphatic hydroxyl groups excluding tert-OH is 1. The second kappa shape index (κ2) is 6.28. The van der Waals surface area contributed by atoms with Gasteiger partial charge in [0, 0.05) is 23.6 Å². The maximum atomic E-state index is 12.7. The molecule has 4 nitrogen and oxygen atoms in total. The predicted molar refractivity (Wildman–Crippen MR) is 87.0 cm³/mol. The summed E-state index contributed by atoms with van der Waals surface area (Å²) < 4.78 is 27.1. The van der Waals surface area contributed by atoms with Crippen LogP contribution in [0.25, 0.3) is 0 Å². The molecule has 1 unspecified atom stereocenters. The number of rotatable bonds is 3. The molecule has 21 heavy (non-hydrogen) atoms. The largest absolute Gasteiger partial charge is 0.389 e. The van der Waals surface area contributed by atoms with E-state index in [0.29, 0.717) is 18.0 Å². The van der Waals surface area contributed by atoms with E-state index < -0.39 is 16.1 Å². The Morgan fingerprint density at radius 1 is 1.24 bits per heavy atom. The second-order valence-electron chi connectivity index (χ2n) is 6.01. The third-order valence-electron chi connectivity index (χ3n) is 3.80. The Bertz CT molecular complexity index is 579. The highest BCUT2D eigenvalue weighted by atomic mass is 32.2. The first-order valence-corrected chi connectivity index (χ1v) is 9.57. The number of sulfonamides is 1. The molecule has 0 aliphatic carbocycles. The second-order valence-corrected chi connectivity index (χ2v) is 9.75. The highest BCUT2D eigenvalue weighted by Gasteiger charge is 2.30. The average Bonchev–Trinajstić information content (AvgIpc) is 2.60. The number of hydrogen-bond donors (Lipinski definition) is 1. The van der Waals surface area contributed by atoms with Gasteiger partial charge in [-0.05, 0) is 31.0 Å². The van der Waals surface area contributed by atoms with Crippen molar-refractivity contribution in [3.05, 3.63) is 29.8 Å². The van der Waals surface area contributed by atoms with Crippen LogP contribution in [0.2, 0.25) is 0 Å². The van der Waals surface area contributed by atoms with Crippen LogP contribution in [0.15, 0.2) is 29.2 Å². The van der Waals surface area contributed by atoms with Gasteiger partial charge in [-0.1, -0.05) is 26.0 Å². The first kappa shape index (κ1) is 16.8. The molecule has 1 N–H and O–H groups in total. The molecule has 1 aliphatic rings. The molecular formula is C15H23NO3S2. The summed E-state index contributed by atoms with van der Waals surface area (Å²) in [6.07, 6.45) is 0.264. The fraction of sp³-hybridized carbons (Fsp3) is 0.600. The Hall–Kier alpha value is -0.560. The SMILES string of the molecule is CC(O)c1ccc(S(=O)(=O)N2CCSC(C)(C)CC2)cc1. The molecule has 1 aromatic rings. The predicted octanol–water partition coefficient (Wildman–Crippen LogP) is 2.65. The minimum Gasteiger partial charge on any atom is -0.389 e. The molecule has 1 fully saturated rings. The number of thioether (sulfide) groups is 1.